The first-order valence-electron chi connectivity index (χ1n) is 8.24. The van der Waals surface area contributed by atoms with Crippen molar-refractivity contribution in [3.05, 3.63) is 0 Å². The predicted molar refractivity (Wildman–Crippen MR) is 98.4 cm³/mol. The van der Waals surface area contributed by atoms with Crippen LogP contribution in [0.3, 0.4) is 0 Å². The molecule has 0 spiro atoms. The maximum absolute atomic E-state index is 11.8. The van der Waals surface area contributed by atoms with Gasteiger partial charge in [-0.1, -0.05) is 12.8 Å². The van der Waals surface area contributed by atoms with Crippen molar-refractivity contribution in [1.29, 1.82) is 0 Å². The van der Waals surface area contributed by atoms with Crippen molar-refractivity contribution in [3.63, 3.8) is 0 Å². The van der Waals surface area contributed by atoms with Gasteiger partial charge in [0, 0.05) is 6.54 Å². The van der Waals surface area contributed by atoms with Crippen molar-refractivity contribution >= 4 is 30.9 Å². The third-order valence-electron chi connectivity index (χ3n) is 2.71. The molecular weight excluding hydrogens is 346 g/mol. The monoisotopic (exact) mass is 377 g/mol. The summed E-state index contributed by atoms with van der Waals surface area (Å²) in [5.74, 6) is -0.422. The minimum atomic E-state index is -0.756. The molecule has 0 aliphatic carbocycles. The van der Waals surface area contributed by atoms with E-state index in [9.17, 15) is 14.4 Å². The normalized spacial score (nSPS) is 12.8. The van der Waals surface area contributed by atoms with Crippen molar-refractivity contribution in [1.82, 2.24) is 15.4 Å². The fraction of sp³-hybridized carbons (Fsp3) is 0.812. The molecule has 0 heterocycles. The molecule has 0 aromatic rings. The zero-order chi connectivity index (χ0) is 19.7. The molecule has 0 aromatic heterocycles. The second kappa shape index (κ2) is 10.4. The van der Waals surface area contributed by atoms with Crippen molar-refractivity contribution in [2.45, 2.75) is 78.0 Å². The van der Waals surface area contributed by atoms with E-state index in [1.165, 1.54) is 0 Å². The fourth-order valence-electron chi connectivity index (χ4n) is 1.77. The Morgan fingerprint density at radius 3 is 1.92 bits per heavy atom. The van der Waals surface area contributed by atoms with E-state index >= 15 is 0 Å². The second-order valence-corrected chi connectivity index (χ2v) is 7.82. The summed E-state index contributed by atoms with van der Waals surface area (Å²) in [5.41, 5.74) is -1.19. The third-order valence-corrected chi connectivity index (χ3v) is 2.93. The van der Waals surface area contributed by atoms with Crippen LogP contribution in [0.1, 0.15) is 60.8 Å². The second-order valence-electron chi connectivity index (χ2n) is 7.60. The van der Waals surface area contributed by atoms with Crippen LogP contribution in [0.4, 0.5) is 9.59 Å². The molecule has 1 atom stereocenters. The lowest BCUT2D eigenvalue weighted by atomic mass is 10.1. The maximum atomic E-state index is 11.8. The number of carbonyl (C=O) groups excluding carboxylic acids is 3. The molecule has 0 rings (SSSR count). The summed E-state index contributed by atoms with van der Waals surface area (Å²) >= 11 is 3.73. The summed E-state index contributed by atoms with van der Waals surface area (Å²) in [7, 11) is 0. The van der Waals surface area contributed by atoms with Gasteiger partial charge >= 0.3 is 12.2 Å². The lowest BCUT2D eigenvalue weighted by Gasteiger charge is -2.23. The molecule has 0 saturated carbocycles. The van der Waals surface area contributed by atoms with Crippen molar-refractivity contribution in [2.75, 3.05) is 6.54 Å². The number of alkyl carbamates (subject to hydrolysis) is 2. The van der Waals surface area contributed by atoms with Crippen LogP contribution in [-0.2, 0) is 14.3 Å². The Morgan fingerprint density at radius 2 is 1.44 bits per heavy atom. The molecule has 8 nitrogen and oxygen atoms in total. The first-order chi connectivity index (χ1) is 11.3. The smallest absolute Gasteiger partial charge is 0.408 e. The molecule has 0 aliphatic rings. The van der Waals surface area contributed by atoms with Gasteiger partial charge in [-0.25, -0.2) is 9.59 Å². The largest absolute Gasteiger partial charge is 0.444 e. The van der Waals surface area contributed by atoms with Crippen LogP contribution < -0.4 is 15.4 Å². The van der Waals surface area contributed by atoms with E-state index < -0.39 is 35.3 Å². The average molecular weight is 378 g/mol. The van der Waals surface area contributed by atoms with Gasteiger partial charge in [0.25, 0.3) is 5.91 Å². The topological polar surface area (TPSA) is 106 Å². The van der Waals surface area contributed by atoms with E-state index in [0.717, 1.165) is 0 Å². The molecular formula is C16H31N3O5S. The predicted octanol–water partition coefficient (Wildman–Crippen LogP) is 2.54. The first kappa shape index (κ1) is 23.4. The zero-order valence-corrected chi connectivity index (χ0v) is 16.8. The van der Waals surface area contributed by atoms with Gasteiger partial charge in [0.05, 0.1) is 0 Å². The number of rotatable bonds is 7. The highest BCUT2D eigenvalue weighted by atomic mass is 32.1. The van der Waals surface area contributed by atoms with Gasteiger partial charge in [-0.3, -0.25) is 4.79 Å². The highest BCUT2D eigenvalue weighted by Crippen LogP contribution is 2.09. The van der Waals surface area contributed by atoms with Gasteiger partial charge in [-0.05, 0) is 60.8 Å². The summed E-state index contributed by atoms with van der Waals surface area (Å²) in [6, 6.07) is -0.756. The number of hydrogen-bond donors (Lipinski definition) is 4. The van der Waals surface area contributed by atoms with Crippen LogP contribution in [-0.4, -0.2) is 41.9 Å². The van der Waals surface area contributed by atoms with Crippen LogP contribution in [0.15, 0.2) is 0 Å². The minimum absolute atomic E-state index is 0.391. The van der Waals surface area contributed by atoms with E-state index in [4.69, 9.17) is 9.47 Å². The number of hydrogen-bond acceptors (Lipinski definition) is 6. The Kier molecular flexibility index (Phi) is 9.69. The van der Waals surface area contributed by atoms with Gasteiger partial charge in [0.2, 0.25) is 0 Å². The standard InChI is InChI=1S/C16H31N3O5S/c1-15(2,3)23-13(21)17-10-8-7-9-11(12(20)19-25)18-14(22)24-16(4,5)6/h11,25H,7-10H2,1-6H3,(H,17,21)(H,18,22)(H,19,20). The van der Waals surface area contributed by atoms with Crippen molar-refractivity contribution < 1.29 is 23.9 Å². The highest BCUT2D eigenvalue weighted by molar-refractivity contribution is 7.78. The number of nitrogens with one attached hydrogen (secondary N) is 3. The van der Waals surface area contributed by atoms with Crippen molar-refractivity contribution in [2.24, 2.45) is 0 Å². The first-order valence-corrected chi connectivity index (χ1v) is 8.69. The molecule has 9 heteroatoms. The molecule has 146 valence electrons. The molecule has 0 aliphatic heterocycles. The Balaban J connectivity index is 4.23. The van der Waals surface area contributed by atoms with Gasteiger partial charge < -0.3 is 24.8 Å². The SMILES string of the molecule is CC(C)(C)OC(=O)NCCCCC(NC(=O)OC(C)(C)C)C(=O)NS. The molecule has 0 radical (unpaired) electrons. The van der Waals surface area contributed by atoms with Crippen LogP contribution >= 0.6 is 12.8 Å². The van der Waals surface area contributed by atoms with Crippen LogP contribution in [0.5, 0.6) is 0 Å². The van der Waals surface area contributed by atoms with E-state index in [2.05, 4.69) is 28.2 Å². The van der Waals surface area contributed by atoms with E-state index in [-0.39, 0.29) is 0 Å². The summed E-state index contributed by atoms with van der Waals surface area (Å²) < 4.78 is 12.5. The van der Waals surface area contributed by atoms with Gasteiger partial charge in [0.15, 0.2) is 0 Å². The van der Waals surface area contributed by atoms with Gasteiger partial charge in [-0.15, -0.1) is 0 Å². The molecule has 0 bridgehead atoms. The number of amides is 3. The van der Waals surface area contributed by atoms with Crippen LogP contribution in [0, 0.1) is 0 Å². The lowest BCUT2D eigenvalue weighted by Crippen LogP contribution is -2.46. The summed E-state index contributed by atoms with van der Waals surface area (Å²) in [6.07, 6.45) is 0.482. The van der Waals surface area contributed by atoms with Gasteiger partial charge in [0.1, 0.15) is 17.2 Å². The van der Waals surface area contributed by atoms with E-state index in [0.29, 0.717) is 25.8 Å². The number of unbranched alkanes of at least 4 members (excludes halogenated alkanes) is 1. The Morgan fingerprint density at radius 1 is 0.920 bits per heavy atom. The number of thiol groups is 1. The number of carbonyl (C=O) groups is 3. The van der Waals surface area contributed by atoms with E-state index in [1.807, 2.05) is 0 Å². The van der Waals surface area contributed by atoms with Crippen LogP contribution in [0.25, 0.3) is 0 Å². The minimum Gasteiger partial charge on any atom is -0.444 e. The fourth-order valence-corrected chi connectivity index (χ4v) is 1.93. The Labute approximate surface area is 155 Å². The molecule has 0 saturated heterocycles. The van der Waals surface area contributed by atoms with Crippen molar-refractivity contribution in [3.8, 4) is 0 Å². The maximum Gasteiger partial charge on any atom is 0.408 e. The molecule has 0 aromatic carbocycles. The third kappa shape index (κ3) is 13.3. The summed E-state index contributed by atoms with van der Waals surface area (Å²) in [5, 5.41) is 5.16. The molecule has 0 fully saturated rings. The molecule has 3 N–H and O–H groups in total. The van der Waals surface area contributed by atoms with Crippen LogP contribution in [0.2, 0.25) is 0 Å². The molecule has 25 heavy (non-hydrogen) atoms. The average Bonchev–Trinajstić information content (AvgIpc) is 2.40. The zero-order valence-electron chi connectivity index (χ0n) is 15.9. The highest BCUT2D eigenvalue weighted by Gasteiger charge is 2.23. The lowest BCUT2D eigenvalue weighted by molar-refractivity contribution is -0.121. The Hall–Kier alpha value is -1.64. The summed E-state index contributed by atoms with van der Waals surface area (Å²) in [4.78, 5) is 35.1. The molecule has 1 unspecified atom stereocenters. The molecule has 3 amide bonds. The Bertz CT molecular complexity index is 458. The van der Waals surface area contributed by atoms with E-state index in [1.54, 1.807) is 41.5 Å². The summed E-state index contributed by atoms with van der Waals surface area (Å²) in [6.45, 7) is 11.0. The quantitative estimate of drug-likeness (QED) is 0.403. The van der Waals surface area contributed by atoms with Gasteiger partial charge in [-0.2, -0.15) is 0 Å². The number of ether oxygens (including phenoxy) is 2.